The van der Waals surface area contributed by atoms with E-state index in [9.17, 15) is 9.90 Å². The van der Waals surface area contributed by atoms with E-state index in [1.807, 2.05) is 11.9 Å². The number of phenols is 1. The molecule has 4 aliphatic heterocycles. The van der Waals surface area contributed by atoms with Gasteiger partial charge < -0.3 is 29.3 Å². The average Bonchev–Trinajstić information content (AvgIpc) is 3.77. The molecule has 0 bridgehead atoms. The maximum Gasteiger partial charge on any atom is 0.318 e. The van der Waals surface area contributed by atoms with E-state index in [1.54, 1.807) is 18.2 Å². The van der Waals surface area contributed by atoms with Crippen LogP contribution in [-0.4, -0.2) is 108 Å². The van der Waals surface area contributed by atoms with Crippen LogP contribution in [0.3, 0.4) is 0 Å². The molecule has 3 atom stereocenters. The molecule has 10 nitrogen and oxygen atoms in total. The summed E-state index contributed by atoms with van der Waals surface area (Å²) >= 11 is 0. The number of amides is 1. The van der Waals surface area contributed by atoms with E-state index >= 15 is 8.78 Å². The molecule has 2 aromatic carbocycles. The first-order valence-electron chi connectivity index (χ1n) is 18.8. The molecule has 3 aromatic rings. The van der Waals surface area contributed by atoms with Crippen molar-refractivity contribution in [1.29, 1.82) is 0 Å². The molecule has 1 N–H and O–H groups in total. The topological polar surface area (TPSA) is 94.5 Å². The van der Waals surface area contributed by atoms with Gasteiger partial charge in [0.25, 0.3) is 0 Å². The minimum absolute atomic E-state index is 0.00599. The fraction of sp³-hybridized carbons (Fsp3) is 0.537. The van der Waals surface area contributed by atoms with Crippen molar-refractivity contribution in [2.45, 2.75) is 82.7 Å². The van der Waals surface area contributed by atoms with Gasteiger partial charge in [0.15, 0.2) is 0 Å². The zero-order valence-corrected chi connectivity index (χ0v) is 31.0. The second-order valence-corrected chi connectivity index (χ2v) is 15.3. The van der Waals surface area contributed by atoms with Crippen LogP contribution in [-0.2, 0) is 22.5 Å². The van der Waals surface area contributed by atoms with Crippen LogP contribution in [0.5, 0.6) is 11.8 Å². The lowest BCUT2D eigenvalue weighted by atomic mass is 9.83. The number of terminal acetylenes is 1. The van der Waals surface area contributed by atoms with Crippen molar-refractivity contribution in [3.8, 4) is 24.1 Å². The standard InChI is InChI=1S/C41H50F2N6O4/c1-6-32-34(43)11-10-27-19-31(50)20-36(38(27)32)47-16-12-33-35(24-47)44-40(45-39(33)46(5)23-30-9-8-15-48(30)37(51)7-2)53-25-41(26(3)4)21-28(42)22-49(41)29-13-17-52-18-14-29/h1,7,10-11,19-20,26,28-30,50H,2,8-9,12-18,21-25H2,3-5H3/t28-,30+,41+/m1/s1. The monoisotopic (exact) mass is 728 g/mol. The molecule has 12 heteroatoms. The summed E-state index contributed by atoms with van der Waals surface area (Å²) in [7, 11) is 1.98. The number of alkyl halides is 1. The summed E-state index contributed by atoms with van der Waals surface area (Å²) in [5, 5.41) is 11.9. The number of aromatic nitrogens is 2. The number of likely N-dealkylation sites (tertiary alicyclic amines) is 2. The largest absolute Gasteiger partial charge is 0.508 e. The van der Waals surface area contributed by atoms with Gasteiger partial charge in [-0.05, 0) is 61.6 Å². The maximum absolute atomic E-state index is 15.4. The minimum atomic E-state index is -0.967. The quantitative estimate of drug-likeness (QED) is 0.211. The number of likely N-dealkylation sites (N-methyl/N-ethyl adjacent to an activating group) is 1. The van der Waals surface area contributed by atoms with Gasteiger partial charge in [-0.3, -0.25) is 9.69 Å². The zero-order chi connectivity index (χ0) is 37.4. The number of anilines is 2. The highest BCUT2D eigenvalue weighted by Crippen LogP contribution is 2.42. The first kappa shape index (κ1) is 36.9. The third-order valence-electron chi connectivity index (χ3n) is 11.9. The fourth-order valence-electron chi connectivity index (χ4n) is 9.14. The Morgan fingerprint density at radius 3 is 2.77 bits per heavy atom. The van der Waals surface area contributed by atoms with Crippen molar-refractivity contribution < 1.29 is 28.2 Å². The molecule has 7 rings (SSSR count). The molecule has 1 aromatic heterocycles. The number of ether oxygens (including phenoxy) is 2. The number of rotatable bonds is 10. The fourth-order valence-corrected chi connectivity index (χ4v) is 9.14. The summed E-state index contributed by atoms with van der Waals surface area (Å²) in [5.41, 5.74) is 1.89. The van der Waals surface area contributed by atoms with Crippen LogP contribution in [0, 0.1) is 24.1 Å². The Balaban J connectivity index is 1.25. The second kappa shape index (κ2) is 15.1. The lowest BCUT2D eigenvalue weighted by Gasteiger charge is -2.46. The number of halogens is 2. The molecule has 0 aliphatic carbocycles. The number of nitrogens with zero attached hydrogens (tertiary/aromatic N) is 6. The molecule has 3 saturated heterocycles. The molecule has 5 heterocycles. The van der Waals surface area contributed by atoms with Crippen molar-refractivity contribution in [3.63, 3.8) is 0 Å². The lowest BCUT2D eigenvalue weighted by Crippen LogP contribution is -2.57. The molecule has 3 fully saturated rings. The molecule has 0 radical (unpaired) electrons. The van der Waals surface area contributed by atoms with Crippen LogP contribution in [0.4, 0.5) is 20.3 Å². The molecular weight excluding hydrogens is 678 g/mol. The van der Waals surface area contributed by atoms with Crippen molar-refractivity contribution in [1.82, 2.24) is 19.8 Å². The first-order chi connectivity index (χ1) is 25.5. The van der Waals surface area contributed by atoms with Gasteiger partial charge in [-0.2, -0.15) is 9.97 Å². The van der Waals surface area contributed by atoms with Gasteiger partial charge in [0.1, 0.15) is 30.2 Å². The molecule has 0 saturated carbocycles. The van der Waals surface area contributed by atoms with Crippen molar-refractivity contribution in [3.05, 3.63) is 59.6 Å². The normalized spacial score (nSPS) is 23.7. The smallest absolute Gasteiger partial charge is 0.318 e. The molecule has 0 unspecified atom stereocenters. The number of phenolic OH excluding ortho intramolecular Hbond substituents is 1. The molecule has 1 amide bonds. The number of hydrogen-bond donors (Lipinski definition) is 1. The van der Waals surface area contributed by atoms with Crippen LogP contribution in [0.15, 0.2) is 36.9 Å². The summed E-state index contributed by atoms with van der Waals surface area (Å²) in [6, 6.07) is 6.54. The van der Waals surface area contributed by atoms with E-state index in [2.05, 4.69) is 41.0 Å². The summed E-state index contributed by atoms with van der Waals surface area (Å²) in [6.07, 6.45) is 10.6. The Labute approximate surface area is 310 Å². The van der Waals surface area contributed by atoms with Crippen LogP contribution >= 0.6 is 0 Å². The Kier molecular flexibility index (Phi) is 10.5. The number of carbonyl (C=O) groups excluding carboxylic acids is 1. The van der Waals surface area contributed by atoms with Crippen LogP contribution in [0.1, 0.15) is 62.8 Å². The molecule has 4 aliphatic rings. The maximum atomic E-state index is 15.4. The van der Waals surface area contributed by atoms with Gasteiger partial charge in [0, 0.05) is 87.6 Å². The zero-order valence-electron chi connectivity index (χ0n) is 31.0. The predicted octanol–water partition coefficient (Wildman–Crippen LogP) is 5.63. The molecule has 53 heavy (non-hydrogen) atoms. The molecule has 0 spiro atoms. The van der Waals surface area contributed by atoms with Gasteiger partial charge in [-0.25, -0.2) is 8.78 Å². The van der Waals surface area contributed by atoms with E-state index < -0.39 is 17.5 Å². The number of carbonyl (C=O) groups is 1. The predicted molar refractivity (Wildman–Crippen MR) is 202 cm³/mol. The summed E-state index contributed by atoms with van der Waals surface area (Å²) in [6.45, 7) is 12.0. The van der Waals surface area contributed by atoms with Crippen LogP contribution in [0.2, 0.25) is 0 Å². The third-order valence-corrected chi connectivity index (χ3v) is 11.9. The Morgan fingerprint density at radius 1 is 1.25 bits per heavy atom. The van der Waals surface area contributed by atoms with Gasteiger partial charge in [0.05, 0.1) is 23.3 Å². The summed E-state index contributed by atoms with van der Waals surface area (Å²) in [5.74, 6) is 2.80. The van der Waals surface area contributed by atoms with Gasteiger partial charge >= 0.3 is 6.01 Å². The number of benzene rings is 2. The third kappa shape index (κ3) is 7.01. The first-order valence-corrected chi connectivity index (χ1v) is 18.8. The van der Waals surface area contributed by atoms with Crippen LogP contribution in [0.25, 0.3) is 10.8 Å². The van der Waals surface area contributed by atoms with E-state index in [-0.39, 0.29) is 47.8 Å². The average molecular weight is 729 g/mol. The highest BCUT2D eigenvalue weighted by Gasteiger charge is 2.51. The molecule has 282 valence electrons. The van der Waals surface area contributed by atoms with Crippen molar-refractivity contribution in [2.75, 3.05) is 62.8 Å². The van der Waals surface area contributed by atoms with E-state index in [1.165, 1.54) is 12.1 Å². The minimum Gasteiger partial charge on any atom is -0.508 e. The number of fused-ring (bicyclic) bond motifs is 2. The second-order valence-electron chi connectivity index (χ2n) is 15.3. The molecular formula is C41H50F2N6O4. The van der Waals surface area contributed by atoms with Gasteiger partial charge in [-0.15, -0.1) is 6.42 Å². The van der Waals surface area contributed by atoms with E-state index in [0.717, 1.165) is 36.9 Å². The van der Waals surface area contributed by atoms with Crippen molar-refractivity contribution >= 4 is 28.2 Å². The van der Waals surface area contributed by atoms with E-state index in [0.29, 0.717) is 81.1 Å². The SMILES string of the molecule is C#Cc1c(F)ccc2cc(O)cc(N3CCc4c(nc(OC[C@]5(C(C)C)C[C@@H](F)CN5C5CCOCC5)nc4N(C)C[C@@H]4CCCN4C(=O)C=C)C3)c12. The summed E-state index contributed by atoms with van der Waals surface area (Å²) in [4.78, 5) is 31.0. The number of hydrogen-bond acceptors (Lipinski definition) is 9. The lowest BCUT2D eigenvalue weighted by molar-refractivity contribution is -0.126. The van der Waals surface area contributed by atoms with Crippen LogP contribution < -0.4 is 14.5 Å². The Bertz CT molecular complexity index is 1910. The van der Waals surface area contributed by atoms with Crippen molar-refractivity contribution in [2.24, 2.45) is 5.92 Å². The Hall–Kier alpha value is -4.47. The van der Waals surface area contributed by atoms with E-state index in [4.69, 9.17) is 25.9 Å². The van der Waals surface area contributed by atoms with Gasteiger partial charge in [0.2, 0.25) is 5.91 Å². The highest BCUT2D eigenvalue weighted by atomic mass is 19.1. The number of aromatic hydroxyl groups is 1. The highest BCUT2D eigenvalue weighted by molar-refractivity contribution is 6.00. The Morgan fingerprint density at radius 2 is 2.04 bits per heavy atom. The van der Waals surface area contributed by atoms with Gasteiger partial charge in [-0.1, -0.05) is 32.4 Å². The summed E-state index contributed by atoms with van der Waals surface area (Å²) < 4.78 is 42.6.